The number of rotatable bonds is 5. The summed E-state index contributed by atoms with van der Waals surface area (Å²) in [5.41, 5.74) is -1.22. The van der Waals surface area contributed by atoms with Gasteiger partial charge in [-0.1, -0.05) is 0 Å². The summed E-state index contributed by atoms with van der Waals surface area (Å²) in [5.74, 6) is -3.72. The van der Waals surface area contributed by atoms with Crippen LogP contribution in [0.2, 0.25) is 0 Å². The minimum absolute atomic E-state index is 0.452. The summed E-state index contributed by atoms with van der Waals surface area (Å²) in [5, 5.41) is 36.1. The molecule has 2 unspecified atom stereocenters. The van der Waals surface area contributed by atoms with Crippen molar-refractivity contribution in [2.24, 2.45) is 0 Å². The Labute approximate surface area is 81.8 Å². The van der Waals surface area contributed by atoms with Crippen molar-refractivity contribution >= 4 is 36.4 Å². The molecule has 0 aromatic rings. The molecule has 0 rings (SSSR count). The van der Waals surface area contributed by atoms with E-state index in [1.54, 1.807) is 0 Å². The molecule has 0 heterocycles. The fourth-order valence-corrected chi connectivity index (χ4v) is 6.12. The first-order chi connectivity index (χ1) is 5.47. The monoisotopic (exact) mass is 256 g/mol. The number of aliphatic hydroxyl groups is 4. The molecular weight excluding hydrogens is 245 g/mol. The maximum absolute atomic E-state index is 9.35. The summed E-state index contributed by atoms with van der Waals surface area (Å²) < 4.78 is 0. The second-order valence-corrected chi connectivity index (χ2v) is 11.9. The first-order valence-corrected chi connectivity index (χ1v) is 8.92. The van der Waals surface area contributed by atoms with Crippen LogP contribution in [0.25, 0.3) is 0 Å². The van der Waals surface area contributed by atoms with E-state index in [0.717, 1.165) is 0 Å². The molecular formula is C4H12Cl2O4P2. The van der Waals surface area contributed by atoms with Gasteiger partial charge in [0.2, 0.25) is 0 Å². The third kappa shape index (κ3) is 2.20. The second-order valence-electron chi connectivity index (χ2n) is 2.58. The van der Waals surface area contributed by atoms with Crippen LogP contribution in [0.1, 0.15) is 0 Å². The van der Waals surface area contributed by atoms with Gasteiger partial charge in [-0.25, -0.2) is 0 Å². The van der Waals surface area contributed by atoms with Crippen molar-refractivity contribution in [3.8, 4) is 0 Å². The second kappa shape index (κ2) is 4.68. The van der Waals surface area contributed by atoms with E-state index >= 15 is 0 Å². The van der Waals surface area contributed by atoms with Gasteiger partial charge in [-0.15, -0.1) is 0 Å². The molecule has 0 aliphatic carbocycles. The summed E-state index contributed by atoms with van der Waals surface area (Å²) in [6.45, 7) is 0. The molecule has 0 saturated carbocycles. The Morgan fingerprint density at radius 1 is 1.17 bits per heavy atom. The van der Waals surface area contributed by atoms with Crippen molar-refractivity contribution < 1.29 is 20.4 Å². The zero-order valence-electron chi connectivity index (χ0n) is 6.19. The van der Waals surface area contributed by atoms with Crippen molar-refractivity contribution in [1.82, 2.24) is 0 Å². The van der Waals surface area contributed by atoms with E-state index in [2.05, 4.69) is 0 Å². The topological polar surface area (TPSA) is 80.9 Å². The van der Waals surface area contributed by atoms with E-state index in [1.807, 2.05) is 0 Å². The van der Waals surface area contributed by atoms with Gasteiger partial charge in [-0.3, -0.25) is 0 Å². The van der Waals surface area contributed by atoms with Crippen LogP contribution in [0.4, 0.5) is 0 Å². The van der Waals surface area contributed by atoms with E-state index < -0.39 is 38.5 Å². The molecule has 0 radical (unpaired) electrons. The summed E-state index contributed by atoms with van der Waals surface area (Å²) in [6.07, 6.45) is -1.87. The standard InChI is InChI=1S/C4H12Cl2O4P2/c5-11-4(10)12(6,1-7,2-8)3-9/h4,7-11H,1-3H2. The van der Waals surface area contributed by atoms with Crippen molar-refractivity contribution in [2.75, 3.05) is 19.0 Å². The maximum atomic E-state index is 9.35. The van der Waals surface area contributed by atoms with E-state index in [-0.39, 0.29) is 0 Å². The molecule has 0 saturated heterocycles. The van der Waals surface area contributed by atoms with Gasteiger partial charge in [0, 0.05) is 0 Å². The Bertz CT molecular complexity index is 143. The quantitative estimate of drug-likeness (QED) is 0.545. The first-order valence-electron chi connectivity index (χ1n) is 3.06. The Morgan fingerprint density at radius 2 is 1.50 bits per heavy atom. The summed E-state index contributed by atoms with van der Waals surface area (Å²) in [7, 11) is -0.452. The fourth-order valence-electron chi connectivity index (χ4n) is 0.488. The Morgan fingerprint density at radius 3 is 1.58 bits per heavy atom. The van der Waals surface area contributed by atoms with Gasteiger partial charge in [-0.2, -0.15) is 0 Å². The van der Waals surface area contributed by atoms with Crippen molar-refractivity contribution in [1.29, 1.82) is 0 Å². The zero-order valence-corrected chi connectivity index (χ0v) is 9.60. The van der Waals surface area contributed by atoms with Gasteiger partial charge >= 0.3 is 81.4 Å². The van der Waals surface area contributed by atoms with Gasteiger partial charge in [0.25, 0.3) is 0 Å². The van der Waals surface area contributed by atoms with Crippen LogP contribution < -0.4 is 0 Å². The predicted octanol–water partition coefficient (Wildman–Crippen LogP) is 0.651. The van der Waals surface area contributed by atoms with Crippen LogP contribution >= 0.6 is 36.4 Å². The summed E-state index contributed by atoms with van der Waals surface area (Å²) >= 11 is 11.2. The summed E-state index contributed by atoms with van der Waals surface area (Å²) in [4.78, 5) is 0. The van der Waals surface area contributed by atoms with Crippen LogP contribution in [0.15, 0.2) is 0 Å². The number of hydrogen-bond donors (Lipinski definition) is 4. The van der Waals surface area contributed by atoms with Crippen molar-refractivity contribution in [2.45, 2.75) is 5.59 Å². The molecule has 4 N–H and O–H groups in total. The van der Waals surface area contributed by atoms with Gasteiger partial charge in [0.15, 0.2) is 0 Å². The SMILES string of the molecule is OCP(Cl)(CO)(CO)C(O)PCl. The number of halogens is 2. The number of aliphatic hydroxyl groups excluding tert-OH is 4. The van der Waals surface area contributed by atoms with Gasteiger partial charge in [-0.05, 0) is 0 Å². The third-order valence-electron chi connectivity index (χ3n) is 1.71. The van der Waals surface area contributed by atoms with Crippen LogP contribution in [-0.2, 0) is 0 Å². The Kier molecular flexibility index (Phi) is 5.17. The van der Waals surface area contributed by atoms with E-state index in [0.29, 0.717) is 0 Å². The molecule has 2 atom stereocenters. The molecule has 0 aliphatic rings. The van der Waals surface area contributed by atoms with E-state index in [1.165, 1.54) is 0 Å². The van der Waals surface area contributed by atoms with Crippen LogP contribution in [-0.4, -0.2) is 45.1 Å². The molecule has 8 heteroatoms. The first kappa shape index (κ1) is 13.3. The van der Waals surface area contributed by atoms with Crippen LogP contribution in [0.3, 0.4) is 0 Å². The van der Waals surface area contributed by atoms with Gasteiger partial charge in [0.1, 0.15) is 0 Å². The van der Waals surface area contributed by atoms with Crippen LogP contribution in [0.5, 0.6) is 0 Å². The predicted molar refractivity (Wildman–Crippen MR) is 54.2 cm³/mol. The molecule has 0 spiro atoms. The molecule has 4 nitrogen and oxygen atoms in total. The fraction of sp³-hybridized carbons (Fsp3) is 1.00. The van der Waals surface area contributed by atoms with E-state index in [9.17, 15) is 5.11 Å². The molecule has 0 bridgehead atoms. The Balaban J connectivity index is 4.81. The van der Waals surface area contributed by atoms with Crippen molar-refractivity contribution in [3.05, 3.63) is 0 Å². The molecule has 0 fully saturated rings. The average molecular weight is 257 g/mol. The number of hydrogen-bond acceptors (Lipinski definition) is 4. The zero-order chi connectivity index (χ0) is 9.85. The van der Waals surface area contributed by atoms with Gasteiger partial charge < -0.3 is 0 Å². The van der Waals surface area contributed by atoms with E-state index in [4.69, 9.17) is 37.8 Å². The van der Waals surface area contributed by atoms with Crippen LogP contribution in [0, 0.1) is 0 Å². The molecule has 0 amide bonds. The molecule has 0 aromatic carbocycles. The molecule has 0 aromatic heterocycles. The Hall–Kier alpha value is 1.28. The minimum atomic E-state index is -3.72. The molecule has 12 heavy (non-hydrogen) atoms. The normalized spacial score (nSPS) is 19.3. The third-order valence-corrected chi connectivity index (χ3v) is 10.6. The molecule has 76 valence electrons. The summed E-state index contributed by atoms with van der Waals surface area (Å²) in [6, 6.07) is 0. The average Bonchev–Trinajstić information content (AvgIpc) is 2.16. The molecule has 0 aliphatic heterocycles. The van der Waals surface area contributed by atoms with Crippen molar-refractivity contribution in [3.63, 3.8) is 0 Å². The van der Waals surface area contributed by atoms with Gasteiger partial charge in [0.05, 0.1) is 0 Å².